The highest BCUT2D eigenvalue weighted by Crippen LogP contribution is 2.17. The minimum absolute atomic E-state index is 0.0911. The van der Waals surface area contributed by atoms with Gasteiger partial charge >= 0.3 is 5.97 Å². The molecular weight excluding hydrogens is 236 g/mol. The predicted octanol–water partition coefficient (Wildman–Crippen LogP) is 2.36. The maximum Gasteiger partial charge on any atom is 0.354 e. The Labute approximate surface area is 106 Å². The fourth-order valence-electron chi connectivity index (χ4n) is 1.62. The highest BCUT2D eigenvalue weighted by atomic mass is 32.2. The SMILES string of the molecule is CCC(CSC)N(C)c1cccc(C(=O)O)n1. The molecule has 1 rings (SSSR count). The van der Waals surface area contributed by atoms with Gasteiger partial charge in [0, 0.05) is 18.8 Å². The number of carbonyl (C=O) groups is 1. The maximum absolute atomic E-state index is 10.9. The van der Waals surface area contributed by atoms with E-state index in [-0.39, 0.29) is 5.69 Å². The van der Waals surface area contributed by atoms with E-state index in [0.29, 0.717) is 11.9 Å². The van der Waals surface area contributed by atoms with Crippen LogP contribution in [0.25, 0.3) is 0 Å². The second-order valence-electron chi connectivity index (χ2n) is 3.81. The maximum atomic E-state index is 10.9. The Morgan fingerprint density at radius 1 is 1.59 bits per heavy atom. The second kappa shape index (κ2) is 6.49. The van der Waals surface area contributed by atoms with Crippen LogP contribution in [0.15, 0.2) is 18.2 Å². The fourth-order valence-corrected chi connectivity index (χ4v) is 2.47. The first-order valence-electron chi connectivity index (χ1n) is 5.52. The summed E-state index contributed by atoms with van der Waals surface area (Å²) >= 11 is 1.78. The molecule has 1 aromatic rings. The minimum atomic E-state index is -0.988. The van der Waals surface area contributed by atoms with Crippen LogP contribution in [0.3, 0.4) is 0 Å². The molecular formula is C12H18N2O2S. The van der Waals surface area contributed by atoms with E-state index in [4.69, 9.17) is 5.11 Å². The average Bonchev–Trinajstić information content (AvgIpc) is 2.35. The predicted molar refractivity (Wildman–Crippen MR) is 72.1 cm³/mol. The third kappa shape index (κ3) is 3.63. The summed E-state index contributed by atoms with van der Waals surface area (Å²) in [4.78, 5) is 17.0. The standard InChI is InChI=1S/C12H18N2O2S/c1-4-9(8-17-3)14(2)11-7-5-6-10(13-11)12(15)16/h5-7,9H,4,8H2,1-3H3,(H,15,16). The molecule has 0 saturated carbocycles. The number of pyridine rings is 1. The normalized spacial score (nSPS) is 12.2. The summed E-state index contributed by atoms with van der Waals surface area (Å²) in [6, 6.07) is 5.46. The van der Waals surface area contributed by atoms with Crippen molar-refractivity contribution in [1.82, 2.24) is 4.98 Å². The number of carboxylic acids is 1. The number of aromatic nitrogens is 1. The molecule has 0 fully saturated rings. The van der Waals surface area contributed by atoms with Gasteiger partial charge in [0.2, 0.25) is 0 Å². The van der Waals surface area contributed by atoms with E-state index in [1.165, 1.54) is 6.07 Å². The van der Waals surface area contributed by atoms with Gasteiger partial charge in [0.05, 0.1) is 0 Å². The molecule has 0 aromatic carbocycles. The van der Waals surface area contributed by atoms with E-state index < -0.39 is 5.97 Å². The average molecular weight is 254 g/mol. The molecule has 0 aliphatic carbocycles. The van der Waals surface area contributed by atoms with Crippen LogP contribution in [0.1, 0.15) is 23.8 Å². The Hall–Kier alpha value is -1.23. The lowest BCUT2D eigenvalue weighted by Gasteiger charge is -2.27. The number of hydrogen-bond donors (Lipinski definition) is 1. The van der Waals surface area contributed by atoms with Crippen LogP contribution in [-0.2, 0) is 0 Å². The van der Waals surface area contributed by atoms with Crippen molar-refractivity contribution in [2.45, 2.75) is 19.4 Å². The minimum Gasteiger partial charge on any atom is -0.477 e. The monoisotopic (exact) mass is 254 g/mol. The molecule has 4 nitrogen and oxygen atoms in total. The van der Waals surface area contributed by atoms with Crippen LogP contribution in [0, 0.1) is 0 Å². The first kappa shape index (κ1) is 13.8. The van der Waals surface area contributed by atoms with Crippen molar-refractivity contribution in [2.75, 3.05) is 24.0 Å². The lowest BCUT2D eigenvalue weighted by atomic mass is 10.2. The molecule has 1 atom stereocenters. The molecule has 1 unspecified atom stereocenters. The number of nitrogens with zero attached hydrogens (tertiary/aromatic N) is 2. The third-order valence-corrected chi connectivity index (χ3v) is 3.41. The molecule has 0 bridgehead atoms. The van der Waals surface area contributed by atoms with Crippen molar-refractivity contribution < 1.29 is 9.90 Å². The van der Waals surface area contributed by atoms with Gasteiger partial charge in [0.15, 0.2) is 5.69 Å². The van der Waals surface area contributed by atoms with Crippen LogP contribution in [0.5, 0.6) is 0 Å². The largest absolute Gasteiger partial charge is 0.477 e. The topological polar surface area (TPSA) is 53.4 Å². The number of carboxylic acid groups (broad SMARTS) is 1. The molecule has 0 aliphatic rings. The van der Waals surface area contributed by atoms with Crippen LogP contribution in [0.4, 0.5) is 5.82 Å². The Kier molecular flexibility index (Phi) is 5.28. The Balaban J connectivity index is 2.90. The van der Waals surface area contributed by atoms with Gasteiger partial charge in [-0.25, -0.2) is 9.78 Å². The summed E-state index contributed by atoms with van der Waals surface area (Å²) in [5, 5.41) is 8.91. The molecule has 1 N–H and O–H groups in total. The summed E-state index contributed by atoms with van der Waals surface area (Å²) in [5.74, 6) is 0.732. The van der Waals surface area contributed by atoms with Crippen molar-refractivity contribution in [2.24, 2.45) is 0 Å². The molecule has 94 valence electrons. The molecule has 0 aliphatic heterocycles. The lowest BCUT2D eigenvalue weighted by Crippen LogP contribution is -2.34. The van der Waals surface area contributed by atoms with Crippen LogP contribution in [0.2, 0.25) is 0 Å². The van der Waals surface area contributed by atoms with Gasteiger partial charge in [0.1, 0.15) is 5.82 Å². The summed E-state index contributed by atoms with van der Waals surface area (Å²) in [5.41, 5.74) is 0.0911. The molecule has 5 heteroatoms. The highest BCUT2D eigenvalue weighted by molar-refractivity contribution is 7.98. The van der Waals surface area contributed by atoms with Crippen molar-refractivity contribution in [3.8, 4) is 0 Å². The molecule has 0 saturated heterocycles. The summed E-state index contributed by atoms with van der Waals surface area (Å²) in [6.45, 7) is 2.12. The summed E-state index contributed by atoms with van der Waals surface area (Å²) in [7, 11) is 1.96. The van der Waals surface area contributed by atoms with Gasteiger partial charge in [-0.3, -0.25) is 0 Å². The third-order valence-electron chi connectivity index (χ3n) is 2.69. The van der Waals surface area contributed by atoms with Gasteiger partial charge < -0.3 is 10.0 Å². The van der Waals surface area contributed by atoms with E-state index in [2.05, 4.69) is 18.2 Å². The quantitative estimate of drug-likeness (QED) is 0.844. The van der Waals surface area contributed by atoms with E-state index in [9.17, 15) is 4.79 Å². The zero-order valence-electron chi connectivity index (χ0n) is 10.4. The molecule has 0 radical (unpaired) electrons. The smallest absolute Gasteiger partial charge is 0.354 e. The van der Waals surface area contributed by atoms with Gasteiger partial charge in [0.25, 0.3) is 0 Å². The van der Waals surface area contributed by atoms with E-state index in [1.807, 2.05) is 18.0 Å². The second-order valence-corrected chi connectivity index (χ2v) is 4.73. The first-order chi connectivity index (χ1) is 8.10. The van der Waals surface area contributed by atoms with Gasteiger partial charge in [-0.1, -0.05) is 13.0 Å². The molecule has 0 amide bonds. The number of hydrogen-bond acceptors (Lipinski definition) is 4. The number of rotatable bonds is 6. The van der Waals surface area contributed by atoms with Gasteiger partial charge in [-0.2, -0.15) is 11.8 Å². The number of thioether (sulfide) groups is 1. The zero-order chi connectivity index (χ0) is 12.8. The fraction of sp³-hybridized carbons (Fsp3) is 0.500. The van der Waals surface area contributed by atoms with Crippen molar-refractivity contribution >= 4 is 23.5 Å². The molecule has 1 aromatic heterocycles. The number of aromatic carboxylic acids is 1. The van der Waals surface area contributed by atoms with Crippen molar-refractivity contribution in [1.29, 1.82) is 0 Å². The Bertz CT molecular complexity index is 385. The number of anilines is 1. The van der Waals surface area contributed by atoms with Crippen molar-refractivity contribution in [3.63, 3.8) is 0 Å². The van der Waals surface area contributed by atoms with Crippen LogP contribution >= 0.6 is 11.8 Å². The first-order valence-corrected chi connectivity index (χ1v) is 6.91. The van der Waals surface area contributed by atoms with Crippen molar-refractivity contribution in [3.05, 3.63) is 23.9 Å². The van der Waals surface area contributed by atoms with E-state index >= 15 is 0 Å². The van der Waals surface area contributed by atoms with E-state index in [0.717, 1.165) is 12.2 Å². The van der Waals surface area contributed by atoms with Crippen LogP contribution in [-0.4, -0.2) is 41.2 Å². The van der Waals surface area contributed by atoms with Gasteiger partial charge in [-0.05, 0) is 24.8 Å². The molecule has 0 spiro atoms. The highest BCUT2D eigenvalue weighted by Gasteiger charge is 2.15. The molecule has 1 heterocycles. The van der Waals surface area contributed by atoms with E-state index in [1.54, 1.807) is 17.8 Å². The summed E-state index contributed by atoms with van der Waals surface area (Å²) in [6.07, 6.45) is 3.08. The summed E-state index contributed by atoms with van der Waals surface area (Å²) < 4.78 is 0. The molecule has 17 heavy (non-hydrogen) atoms. The Morgan fingerprint density at radius 2 is 2.29 bits per heavy atom. The zero-order valence-corrected chi connectivity index (χ0v) is 11.2. The van der Waals surface area contributed by atoms with Crippen LogP contribution < -0.4 is 4.90 Å². The Morgan fingerprint density at radius 3 is 2.82 bits per heavy atom. The lowest BCUT2D eigenvalue weighted by molar-refractivity contribution is 0.0690. The van der Waals surface area contributed by atoms with Gasteiger partial charge in [-0.15, -0.1) is 0 Å².